The fourth-order valence-electron chi connectivity index (χ4n) is 0.355. The van der Waals surface area contributed by atoms with Crippen LogP contribution in [0, 0.1) is 0 Å². The molecule has 0 aliphatic heterocycles. The minimum absolute atomic E-state index is 0.855. The van der Waals surface area contributed by atoms with Gasteiger partial charge in [-0.3, -0.25) is 0 Å². The average Bonchev–Trinajstić information content (AvgIpc) is 1.84. The van der Waals surface area contributed by atoms with Crippen LogP contribution in [0.4, 0.5) is 4.79 Å². The van der Waals surface area contributed by atoms with Gasteiger partial charge in [-0.1, -0.05) is 34.8 Å². The predicted molar refractivity (Wildman–Crippen MR) is 48.2 cm³/mol. The second kappa shape index (κ2) is 3.87. The molecule has 3 N–H and O–H groups in total. The lowest BCUT2D eigenvalue weighted by Crippen LogP contribution is -2.53. The van der Waals surface area contributed by atoms with Crippen molar-refractivity contribution in [2.24, 2.45) is 5.90 Å². The van der Waals surface area contributed by atoms with Crippen LogP contribution in [-0.2, 0) is 4.84 Å². The van der Waals surface area contributed by atoms with Crippen LogP contribution in [0.25, 0.3) is 0 Å². The van der Waals surface area contributed by atoms with Crippen molar-refractivity contribution in [3.63, 3.8) is 0 Å². The van der Waals surface area contributed by atoms with Crippen molar-refractivity contribution in [2.75, 3.05) is 0 Å². The highest BCUT2D eigenvalue weighted by Crippen LogP contribution is 2.37. The molecule has 72 valence electrons. The molecule has 7 heteroatoms. The average molecular weight is 235 g/mol. The summed E-state index contributed by atoms with van der Waals surface area (Å²) in [6.07, 6.45) is -0.855. The summed E-state index contributed by atoms with van der Waals surface area (Å²) in [5, 5.41) is 2.26. The molecule has 0 aromatic rings. The van der Waals surface area contributed by atoms with Crippen molar-refractivity contribution in [2.45, 2.75) is 23.2 Å². The van der Waals surface area contributed by atoms with Crippen molar-refractivity contribution in [1.29, 1.82) is 0 Å². The van der Waals surface area contributed by atoms with Gasteiger partial charge < -0.3 is 10.2 Å². The van der Waals surface area contributed by atoms with Crippen LogP contribution in [0.5, 0.6) is 0 Å². The Balaban J connectivity index is 4.33. The van der Waals surface area contributed by atoms with E-state index in [2.05, 4.69) is 16.1 Å². The fourth-order valence-corrected chi connectivity index (χ4v) is 0.497. The van der Waals surface area contributed by atoms with Gasteiger partial charge in [0.05, 0.1) is 5.54 Å². The smallest absolute Gasteiger partial charge is 0.357 e. The molecule has 0 atom stereocenters. The van der Waals surface area contributed by atoms with Gasteiger partial charge in [-0.05, 0) is 13.8 Å². The lowest BCUT2D eigenvalue weighted by molar-refractivity contribution is 0.137. The Morgan fingerprint density at radius 3 is 2.08 bits per heavy atom. The number of amides is 1. The Labute approximate surface area is 85.2 Å². The predicted octanol–water partition coefficient (Wildman–Crippen LogP) is 1.74. The van der Waals surface area contributed by atoms with Gasteiger partial charge in [-0.25, -0.2) is 4.79 Å². The lowest BCUT2D eigenvalue weighted by atomic mass is 10.1. The van der Waals surface area contributed by atoms with Gasteiger partial charge in [0.1, 0.15) is 0 Å². The molecule has 1 amide bonds. The maximum atomic E-state index is 10.6. The summed E-state index contributed by atoms with van der Waals surface area (Å²) in [7, 11) is 0. The van der Waals surface area contributed by atoms with E-state index < -0.39 is 15.4 Å². The van der Waals surface area contributed by atoms with Gasteiger partial charge in [0.15, 0.2) is 0 Å². The first-order chi connectivity index (χ1) is 5.20. The number of alkyl halides is 3. The van der Waals surface area contributed by atoms with Gasteiger partial charge >= 0.3 is 6.09 Å². The topological polar surface area (TPSA) is 64.3 Å². The standard InChI is InChI=1S/C5H9Cl3N2O2/c1-4(2,5(6,7)8)10-3(11)12-9/h9H2,1-2H3,(H,10,11). The molecule has 0 fully saturated rings. The largest absolute Gasteiger partial charge is 0.426 e. The number of carbonyl (C=O) groups excluding carboxylic acids is 1. The maximum absolute atomic E-state index is 10.6. The third-order valence-electron chi connectivity index (χ3n) is 1.23. The second-order valence-corrected chi connectivity index (χ2v) is 4.93. The lowest BCUT2D eigenvalue weighted by Gasteiger charge is -2.32. The summed E-state index contributed by atoms with van der Waals surface area (Å²) in [6, 6.07) is 0. The molecule has 12 heavy (non-hydrogen) atoms. The molecule has 0 saturated carbocycles. The fraction of sp³-hybridized carbons (Fsp3) is 0.800. The highest BCUT2D eigenvalue weighted by atomic mass is 35.6. The molecular formula is C5H9Cl3N2O2. The van der Waals surface area contributed by atoms with E-state index >= 15 is 0 Å². The summed E-state index contributed by atoms with van der Waals surface area (Å²) in [5.74, 6) is 4.58. The molecule has 0 radical (unpaired) electrons. The highest BCUT2D eigenvalue weighted by Gasteiger charge is 2.42. The van der Waals surface area contributed by atoms with Gasteiger partial charge in [0, 0.05) is 0 Å². The molecule has 0 aliphatic carbocycles. The summed E-state index contributed by atoms with van der Waals surface area (Å²) in [5.41, 5.74) is -1.05. The van der Waals surface area contributed by atoms with Crippen molar-refractivity contribution < 1.29 is 9.63 Å². The van der Waals surface area contributed by atoms with Gasteiger partial charge in [0.2, 0.25) is 3.79 Å². The van der Waals surface area contributed by atoms with E-state index in [1.165, 1.54) is 13.8 Å². The molecule has 0 saturated heterocycles. The summed E-state index contributed by atoms with van der Waals surface area (Å²) < 4.78 is -1.62. The normalized spacial score (nSPS) is 12.5. The van der Waals surface area contributed by atoms with Crippen LogP contribution in [0.1, 0.15) is 13.8 Å². The molecule has 0 aliphatic rings. The van der Waals surface area contributed by atoms with Gasteiger partial charge in [0.25, 0.3) is 0 Å². The number of carbonyl (C=O) groups is 1. The third kappa shape index (κ3) is 3.23. The van der Waals surface area contributed by atoms with Crippen LogP contribution >= 0.6 is 34.8 Å². The van der Waals surface area contributed by atoms with Crippen molar-refractivity contribution in [3.05, 3.63) is 0 Å². The Hall–Kier alpha value is 0.1000. The first kappa shape index (κ1) is 12.1. The quantitative estimate of drug-likeness (QED) is 0.537. The molecule has 0 heterocycles. The molecule has 0 aromatic heterocycles. The van der Waals surface area contributed by atoms with Gasteiger partial charge in [-0.2, -0.15) is 5.90 Å². The van der Waals surface area contributed by atoms with Crippen molar-refractivity contribution in [3.8, 4) is 0 Å². The Morgan fingerprint density at radius 2 is 1.83 bits per heavy atom. The molecule has 0 spiro atoms. The van der Waals surface area contributed by atoms with E-state index in [9.17, 15) is 4.79 Å². The molecular weight excluding hydrogens is 226 g/mol. The second-order valence-electron chi connectivity index (χ2n) is 2.65. The Kier molecular flexibility index (Phi) is 3.90. The Morgan fingerprint density at radius 1 is 1.42 bits per heavy atom. The zero-order valence-corrected chi connectivity index (χ0v) is 8.80. The van der Waals surface area contributed by atoms with Crippen LogP contribution in [0.2, 0.25) is 0 Å². The van der Waals surface area contributed by atoms with Crippen LogP contribution in [-0.4, -0.2) is 15.4 Å². The third-order valence-corrected chi connectivity index (χ3v) is 2.65. The van der Waals surface area contributed by atoms with E-state index in [4.69, 9.17) is 34.8 Å². The van der Waals surface area contributed by atoms with Crippen LogP contribution in [0.3, 0.4) is 0 Å². The molecule has 0 rings (SSSR count). The number of nitrogens with one attached hydrogen (secondary N) is 1. The van der Waals surface area contributed by atoms with E-state index in [0.717, 1.165) is 0 Å². The summed E-state index contributed by atoms with van der Waals surface area (Å²) in [4.78, 5) is 14.5. The molecule has 0 bridgehead atoms. The minimum atomic E-state index is -1.62. The Bertz CT molecular complexity index is 178. The number of rotatable bonds is 1. The zero-order valence-electron chi connectivity index (χ0n) is 6.53. The molecule has 0 aromatic carbocycles. The van der Waals surface area contributed by atoms with E-state index in [1.807, 2.05) is 0 Å². The number of hydrogen-bond acceptors (Lipinski definition) is 3. The van der Waals surface area contributed by atoms with Crippen molar-refractivity contribution >= 4 is 40.9 Å². The molecule has 0 unspecified atom stereocenters. The van der Waals surface area contributed by atoms with Crippen LogP contribution in [0.15, 0.2) is 0 Å². The number of nitrogens with two attached hydrogens (primary N) is 1. The van der Waals surface area contributed by atoms with Gasteiger partial charge in [-0.15, -0.1) is 0 Å². The summed E-state index contributed by atoms with van der Waals surface area (Å²) >= 11 is 16.6. The zero-order chi connectivity index (χ0) is 9.99. The maximum Gasteiger partial charge on any atom is 0.426 e. The first-order valence-corrected chi connectivity index (χ1v) is 4.09. The highest BCUT2D eigenvalue weighted by molar-refractivity contribution is 6.68. The molecule has 4 nitrogen and oxygen atoms in total. The monoisotopic (exact) mass is 234 g/mol. The number of halogens is 3. The van der Waals surface area contributed by atoms with E-state index in [1.54, 1.807) is 0 Å². The minimum Gasteiger partial charge on any atom is -0.357 e. The van der Waals surface area contributed by atoms with Crippen molar-refractivity contribution in [1.82, 2.24) is 5.32 Å². The summed E-state index contributed by atoms with van der Waals surface area (Å²) in [6.45, 7) is 3.05. The van der Waals surface area contributed by atoms with E-state index in [0.29, 0.717) is 0 Å². The van der Waals surface area contributed by atoms with E-state index in [-0.39, 0.29) is 0 Å². The van der Waals surface area contributed by atoms with Crippen LogP contribution < -0.4 is 11.2 Å². The first-order valence-electron chi connectivity index (χ1n) is 2.96. The SMILES string of the molecule is CC(C)(NC(=O)ON)C(Cl)(Cl)Cl. The number of hydrogen-bond donors (Lipinski definition) is 2.